The molecule has 0 fully saturated rings. The molecule has 0 amide bonds. The highest BCUT2D eigenvalue weighted by Gasteiger charge is 2.31. The van der Waals surface area contributed by atoms with Crippen molar-refractivity contribution in [3.8, 4) is 24.2 Å². The zero-order valence-corrected chi connectivity index (χ0v) is 15.0. The van der Waals surface area contributed by atoms with Crippen LogP contribution in [0.25, 0.3) is 0 Å². The monoisotopic (exact) mass is 356 g/mol. The molecule has 0 saturated carbocycles. The summed E-state index contributed by atoms with van der Waals surface area (Å²) in [5, 5.41) is 0. The molecular weight excluding hydrogens is 338 g/mol. The van der Waals surface area contributed by atoms with Crippen LogP contribution in [0, 0.1) is 42.7 Å². The fourth-order valence-corrected chi connectivity index (χ4v) is 2.97. The Kier molecular flexibility index (Phi) is 5.39. The first kappa shape index (κ1) is 18.4. The fraction of sp³-hybridized carbons (Fsp3) is 0.120. The highest BCUT2D eigenvalue weighted by molar-refractivity contribution is 5.49. The molecule has 27 heavy (non-hydrogen) atoms. The molecule has 3 rings (SSSR count). The van der Waals surface area contributed by atoms with Crippen LogP contribution in [0.1, 0.15) is 28.7 Å². The first-order valence-electron chi connectivity index (χ1n) is 8.59. The van der Waals surface area contributed by atoms with Crippen LogP contribution in [0.3, 0.4) is 0 Å². The molecular formula is C25H18F2. The Hall–Kier alpha value is -3.36. The van der Waals surface area contributed by atoms with Crippen LogP contribution in [0.15, 0.2) is 72.8 Å². The highest BCUT2D eigenvalue weighted by atomic mass is 19.1. The molecule has 2 heteroatoms. The van der Waals surface area contributed by atoms with E-state index in [1.54, 1.807) is 24.3 Å². The number of aryl methyl sites for hydroxylation is 1. The van der Waals surface area contributed by atoms with E-state index in [2.05, 4.69) is 17.8 Å². The van der Waals surface area contributed by atoms with E-state index in [1.165, 1.54) is 24.3 Å². The molecule has 0 N–H and O–H groups in total. The lowest BCUT2D eigenvalue weighted by molar-refractivity contribution is 0.618. The van der Waals surface area contributed by atoms with Gasteiger partial charge in [-0.05, 0) is 54.4 Å². The van der Waals surface area contributed by atoms with E-state index >= 15 is 0 Å². The molecule has 132 valence electrons. The molecule has 0 nitrogen and oxygen atoms in total. The van der Waals surface area contributed by atoms with Crippen molar-refractivity contribution < 1.29 is 8.78 Å². The maximum atomic E-state index is 13.4. The average Bonchev–Trinajstić information content (AvgIpc) is 2.69. The van der Waals surface area contributed by atoms with Crippen molar-refractivity contribution >= 4 is 0 Å². The molecule has 0 atom stereocenters. The molecule has 3 aromatic carbocycles. The first-order chi connectivity index (χ1) is 13.0. The molecule has 0 saturated heterocycles. The molecule has 3 aromatic rings. The van der Waals surface area contributed by atoms with Crippen molar-refractivity contribution in [1.82, 2.24) is 0 Å². The van der Waals surface area contributed by atoms with E-state index in [4.69, 9.17) is 6.42 Å². The molecule has 0 unspecified atom stereocenters. The molecule has 0 aromatic heterocycles. The van der Waals surface area contributed by atoms with Gasteiger partial charge in [-0.25, -0.2) is 8.78 Å². The predicted molar refractivity (Wildman–Crippen MR) is 105 cm³/mol. The summed E-state index contributed by atoms with van der Waals surface area (Å²) < 4.78 is 26.8. The van der Waals surface area contributed by atoms with Gasteiger partial charge in [-0.1, -0.05) is 59.7 Å². The van der Waals surface area contributed by atoms with Gasteiger partial charge in [-0.15, -0.1) is 6.42 Å². The van der Waals surface area contributed by atoms with Crippen molar-refractivity contribution in [2.45, 2.75) is 18.8 Å². The van der Waals surface area contributed by atoms with Crippen LogP contribution in [0.4, 0.5) is 8.78 Å². The average molecular weight is 356 g/mol. The van der Waals surface area contributed by atoms with E-state index in [1.807, 2.05) is 31.2 Å². The van der Waals surface area contributed by atoms with Crippen LogP contribution in [0.5, 0.6) is 0 Å². The van der Waals surface area contributed by atoms with Crippen LogP contribution in [-0.4, -0.2) is 0 Å². The maximum Gasteiger partial charge on any atom is 0.123 e. The second kappa shape index (κ2) is 7.90. The molecule has 0 bridgehead atoms. The van der Waals surface area contributed by atoms with E-state index in [0.717, 1.165) is 22.3 Å². The lowest BCUT2D eigenvalue weighted by atomic mass is 9.73. The van der Waals surface area contributed by atoms with Crippen LogP contribution >= 0.6 is 0 Å². The number of benzene rings is 3. The van der Waals surface area contributed by atoms with Crippen LogP contribution in [0.2, 0.25) is 0 Å². The SMILES string of the molecule is C#CC(CC#Cc1ccc(C)cc1)(c1ccc(F)cc1)c1ccc(F)cc1. The van der Waals surface area contributed by atoms with Gasteiger partial charge >= 0.3 is 0 Å². The van der Waals surface area contributed by atoms with Gasteiger partial charge in [0.1, 0.15) is 11.6 Å². The van der Waals surface area contributed by atoms with Gasteiger partial charge in [0.25, 0.3) is 0 Å². The quantitative estimate of drug-likeness (QED) is 0.533. The van der Waals surface area contributed by atoms with Gasteiger partial charge in [0.2, 0.25) is 0 Å². The van der Waals surface area contributed by atoms with Gasteiger partial charge in [-0.2, -0.15) is 0 Å². The van der Waals surface area contributed by atoms with Gasteiger partial charge in [-0.3, -0.25) is 0 Å². The maximum absolute atomic E-state index is 13.4. The van der Waals surface area contributed by atoms with E-state index in [-0.39, 0.29) is 11.6 Å². The minimum absolute atomic E-state index is 0.328. The number of hydrogen-bond donors (Lipinski definition) is 0. The van der Waals surface area contributed by atoms with Crippen molar-refractivity contribution in [2.24, 2.45) is 0 Å². The zero-order valence-electron chi connectivity index (χ0n) is 15.0. The Morgan fingerprint density at radius 1 is 0.778 bits per heavy atom. The van der Waals surface area contributed by atoms with Gasteiger partial charge < -0.3 is 0 Å². The summed E-state index contributed by atoms with van der Waals surface area (Å²) in [7, 11) is 0. The topological polar surface area (TPSA) is 0 Å². The number of terminal acetylenes is 1. The second-order valence-corrected chi connectivity index (χ2v) is 6.41. The predicted octanol–water partition coefficient (Wildman–Crippen LogP) is 5.63. The van der Waals surface area contributed by atoms with Crippen LogP contribution < -0.4 is 0 Å². The van der Waals surface area contributed by atoms with Crippen molar-refractivity contribution in [3.63, 3.8) is 0 Å². The smallest absolute Gasteiger partial charge is 0.123 e. The van der Waals surface area contributed by atoms with Gasteiger partial charge in [0.05, 0.1) is 5.41 Å². The van der Waals surface area contributed by atoms with Crippen LogP contribution in [-0.2, 0) is 5.41 Å². The third-order valence-corrected chi connectivity index (χ3v) is 4.56. The summed E-state index contributed by atoms with van der Waals surface area (Å²) in [5.74, 6) is 8.45. The summed E-state index contributed by atoms with van der Waals surface area (Å²) in [6.45, 7) is 2.02. The second-order valence-electron chi connectivity index (χ2n) is 6.41. The van der Waals surface area contributed by atoms with E-state index in [0.29, 0.717) is 6.42 Å². The fourth-order valence-electron chi connectivity index (χ4n) is 2.97. The largest absolute Gasteiger partial charge is 0.207 e. The Labute approximate surface area is 158 Å². The summed E-state index contributed by atoms with van der Waals surface area (Å²) in [4.78, 5) is 0. The Morgan fingerprint density at radius 2 is 1.26 bits per heavy atom. The number of rotatable bonds is 3. The lowest BCUT2D eigenvalue weighted by Crippen LogP contribution is -2.25. The number of hydrogen-bond acceptors (Lipinski definition) is 0. The Bertz CT molecular complexity index is 964. The third kappa shape index (κ3) is 4.08. The summed E-state index contributed by atoms with van der Waals surface area (Å²) in [6, 6.07) is 20.0. The van der Waals surface area contributed by atoms with Gasteiger partial charge in [0, 0.05) is 12.0 Å². The summed E-state index contributed by atoms with van der Waals surface area (Å²) in [6.07, 6.45) is 6.27. The first-order valence-corrected chi connectivity index (χ1v) is 8.59. The molecule has 0 aliphatic carbocycles. The zero-order chi connectivity index (χ0) is 19.3. The molecule has 0 radical (unpaired) electrons. The molecule has 0 aliphatic heterocycles. The Morgan fingerprint density at radius 3 is 1.70 bits per heavy atom. The van der Waals surface area contributed by atoms with E-state index in [9.17, 15) is 8.78 Å². The summed E-state index contributed by atoms with van der Waals surface area (Å²) in [5.41, 5.74) is 2.66. The normalized spacial score (nSPS) is 10.6. The standard InChI is InChI=1S/C25H18F2/c1-3-25(21-10-14-23(26)15-11-21,22-12-16-24(27)17-13-22)18-4-5-20-8-6-19(2)7-9-20/h1,6-17H,18H2,2H3. The minimum atomic E-state index is -0.890. The number of halogens is 2. The van der Waals surface area contributed by atoms with Crippen molar-refractivity contribution in [3.05, 3.63) is 107 Å². The minimum Gasteiger partial charge on any atom is -0.207 e. The third-order valence-electron chi connectivity index (χ3n) is 4.56. The van der Waals surface area contributed by atoms with Crippen molar-refractivity contribution in [1.29, 1.82) is 0 Å². The molecule has 0 heterocycles. The highest BCUT2D eigenvalue weighted by Crippen LogP contribution is 2.35. The molecule has 0 spiro atoms. The van der Waals surface area contributed by atoms with Gasteiger partial charge in [0.15, 0.2) is 0 Å². The summed E-state index contributed by atoms with van der Waals surface area (Å²) >= 11 is 0. The van der Waals surface area contributed by atoms with E-state index < -0.39 is 5.41 Å². The lowest BCUT2D eigenvalue weighted by Gasteiger charge is -2.28. The van der Waals surface area contributed by atoms with Crippen molar-refractivity contribution in [2.75, 3.05) is 0 Å². The molecule has 0 aliphatic rings. The Balaban J connectivity index is 2.04.